The largest absolute Gasteiger partial charge is 0.384 e. The average Bonchev–Trinajstić information content (AvgIpc) is 1.94. The van der Waals surface area contributed by atoms with E-state index in [1.807, 2.05) is 0 Å². The van der Waals surface area contributed by atoms with Gasteiger partial charge >= 0.3 is 0 Å². The van der Waals surface area contributed by atoms with Crippen LogP contribution in [0.5, 0.6) is 0 Å². The minimum Gasteiger partial charge on any atom is -0.384 e. The molecule has 0 spiro atoms. The number of hydrogen-bond donors (Lipinski definition) is 0. The molecule has 0 aliphatic heterocycles. The zero-order valence-corrected chi connectivity index (χ0v) is 7.10. The first-order chi connectivity index (χ1) is 4.84. The van der Waals surface area contributed by atoms with Crippen molar-refractivity contribution in [1.29, 1.82) is 0 Å². The van der Waals surface area contributed by atoms with Gasteiger partial charge in [0.2, 0.25) is 0 Å². The summed E-state index contributed by atoms with van der Waals surface area (Å²) < 4.78 is 5.15. The summed E-state index contributed by atoms with van der Waals surface area (Å²) in [5.41, 5.74) is 0. The fourth-order valence-corrected chi connectivity index (χ4v) is 1.85. The molecule has 0 bridgehead atoms. The van der Waals surface area contributed by atoms with E-state index in [9.17, 15) is 0 Å². The molecule has 1 heteroatoms. The topological polar surface area (TPSA) is 9.23 Å². The molecule has 0 amide bonds. The highest BCUT2D eigenvalue weighted by Crippen LogP contribution is 2.29. The lowest BCUT2D eigenvalue weighted by Crippen LogP contribution is -2.20. The average molecular weight is 142 g/mol. The third-order valence-electron chi connectivity index (χ3n) is 2.67. The lowest BCUT2D eigenvalue weighted by atomic mass is 9.81. The van der Waals surface area contributed by atoms with Crippen LogP contribution in [0.25, 0.3) is 0 Å². The molecule has 10 heavy (non-hydrogen) atoms. The van der Waals surface area contributed by atoms with Crippen LogP contribution < -0.4 is 0 Å². The Kier molecular flexibility index (Phi) is 3.20. The smallest absolute Gasteiger partial charge is 0.0493 e. The zero-order chi connectivity index (χ0) is 7.40. The highest BCUT2D eigenvalue weighted by molar-refractivity contribution is 4.71. The first kappa shape index (κ1) is 8.06. The summed E-state index contributed by atoms with van der Waals surface area (Å²) in [6.07, 6.45) is 5.64. The van der Waals surface area contributed by atoms with Crippen LogP contribution in [0.3, 0.4) is 0 Å². The third-order valence-corrected chi connectivity index (χ3v) is 2.67. The molecule has 0 radical (unpaired) electrons. The van der Waals surface area contributed by atoms with E-state index in [1.165, 1.54) is 25.7 Å². The maximum Gasteiger partial charge on any atom is 0.0493 e. The maximum absolute atomic E-state index is 5.15. The number of methoxy groups -OCH3 is 1. The minimum atomic E-state index is 0.846. The molecular weight excluding hydrogens is 124 g/mol. The van der Waals surface area contributed by atoms with Crippen molar-refractivity contribution in [2.24, 2.45) is 11.8 Å². The monoisotopic (exact) mass is 142 g/mol. The van der Waals surface area contributed by atoms with Gasteiger partial charge in [-0.05, 0) is 18.3 Å². The van der Waals surface area contributed by atoms with E-state index < -0.39 is 0 Å². The van der Waals surface area contributed by atoms with Crippen LogP contribution in [-0.4, -0.2) is 13.7 Å². The van der Waals surface area contributed by atoms with Crippen LogP contribution in [0.4, 0.5) is 0 Å². The summed E-state index contributed by atoms with van der Waals surface area (Å²) in [6.45, 7) is 3.32. The molecule has 0 aromatic carbocycles. The molecule has 0 N–H and O–H groups in total. The van der Waals surface area contributed by atoms with Crippen molar-refractivity contribution in [3.05, 3.63) is 0 Å². The molecular formula is C9H18O. The van der Waals surface area contributed by atoms with Crippen molar-refractivity contribution < 1.29 is 4.74 Å². The van der Waals surface area contributed by atoms with Crippen LogP contribution in [0.2, 0.25) is 0 Å². The highest BCUT2D eigenvalue weighted by Gasteiger charge is 2.20. The van der Waals surface area contributed by atoms with Gasteiger partial charge in [-0.25, -0.2) is 0 Å². The highest BCUT2D eigenvalue weighted by atomic mass is 16.5. The van der Waals surface area contributed by atoms with Gasteiger partial charge in [0.15, 0.2) is 0 Å². The Morgan fingerprint density at radius 1 is 1.30 bits per heavy atom. The Morgan fingerprint density at radius 3 is 2.60 bits per heavy atom. The summed E-state index contributed by atoms with van der Waals surface area (Å²) in [5, 5.41) is 0. The van der Waals surface area contributed by atoms with Crippen molar-refractivity contribution in [3.8, 4) is 0 Å². The predicted octanol–water partition coefficient (Wildman–Crippen LogP) is 2.46. The van der Waals surface area contributed by atoms with Crippen LogP contribution >= 0.6 is 0 Å². The standard InChI is InChI=1S/C9H18O/c1-8-5-3-4-6-9(8)7-10-2/h8-9H,3-7H2,1-2H3/t8-,9-/m1/s1. The Hall–Kier alpha value is -0.0400. The summed E-state index contributed by atoms with van der Waals surface area (Å²) in [5.74, 6) is 1.74. The van der Waals surface area contributed by atoms with E-state index in [1.54, 1.807) is 7.11 Å². The van der Waals surface area contributed by atoms with Crippen LogP contribution in [0.15, 0.2) is 0 Å². The molecule has 0 aromatic rings. The van der Waals surface area contributed by atoms with Crippen molar-refractivity contribution in [1.82, 2.24) is 0 Å². The molecule has 0 saturated heterocycles. The third kappa shape index (κ3) is 1.98. The molecule has 2 atom stereocenters. The SMILES string of the molecule is COC[C@H]1CCCC[C@H]1C. The van der Waals surface area contributed by atoms with Crippen molar-refractivity contribution in [2.75, 3.05) is 13.7 Å². The second-order valence-electron chi connectivity index (χ2n) is 3.48. The van der Waals surface area contributed by atoms with Crippen LogP contribution in [-0.2, 0) is 4.74 Å². The van der Waals surface area contributed by atoms with Crippen molar-refractivity contribution in [3.63, 3.8) is 0 Å². The molecule has 1 aliphatic rings. The van der Waals surface area contributed by atoms with E-state index in [4.69, 9.17) is 4.74 Å². The van der Waals surface area contributed by atoms with E-state index in [0.29, 0.717) is 0 Å². The summed E-state index contributed by atoms with van der Waals surface area (Å²) in [4.78, 5) is 0. The van der Waals surface area contributed by atoms with Gasteiger partial charge < -0.3 is 4.74 Å². The first-order valence-electron chi connectivity index (χ1n) is 4.33. The molecule has 60 valence electrons. The molecule has 0 unspecified atom stereocenters. The lowest BCUT2D eigenvalue weighted by molar-refractivity contribution is 0.101. The van der Waals surface area contributed by atoms with Crippen LogP contribution in [0.1, 0.15) is 32.6 Å². The van der Waals surface area contributed by atoms with Gasteiger partial charge in [0, 0.05) is 13.7 Å². The fourth-order valence-electron chi connectivity index (χ4n) is 1.85. The predicted molar refractivity (Wildman–Crippen MR) is 43.0 cm³/mol. The second kappa shape index (κ2) is 3.97. The van der Waals surface area contributed by atoms with Crippen molar-refractivity contribution >= 4 is 0 Å². The summed E-state index contributed by atoms with van der Waals surface area (Å²) >= 11 is 0. The van der Waals surface area contributed by atoms with E-state index >= 15 is 0 Å². The quantitative estimate of drug-likeness (QED) is 0.575. The van der Waals surface area contributed by atoms with Gasteiger partial charge in [-0.15, -0.1) is 0 Å². The Labute approximate surface area is 63.8 Å². The van der Waals surface area contributed by atoms with Crippen LogP contribution in [0, 0.1) is 11.8 Å². The normalized spacial score (nSPS) is 34.2. The number of ether oxygens (including phenoxy) is 1. The van der Waals surface area contributed by atoms with Gasteiger partial charge in [0.05, 0.1) is 0 Å². The number of rotatable bonds is 2. The van der Waals surface area contributed by atoms with Crippen molar-refractivity contribution in [2.45, 2.75) is 32.6 Å². The number of hydrogen-bond acceptors (Lipinski definition) is 1. The van der Waals surface area contributed by atoms with Gasteiger partial charge in [0.1, 0.15) is 0 Å². The van der Waals surface area contributed by atoms with Gasteiger partial charge in [-0.1, -0.05) is 26.2 Å². The molecule has 1 rings (SSSR count). The Balaban J connectivity index is 2.25. The second-order valence-corrected chi connectivity index (χ2v) is 3.48. The van der Waals surface area contributed by atoms with E-state index in [2.05, 4.69) is 6.92 Å². The molecule has 0 aromatic heterocycles. The maximum atomic E-state index is 5.15. The van der Waals surface area contributed by atoms with Gasteiger partial charge in [0.25, 0.3) is 0 Å². The summed E-state index contributed by atoms with van der Waals surface area (Å²) in [7, 11) is 1.81. The molecule has 1 nitrogen and oxygen atoms in total. The summed E-state index contributed by atoms with van der Waals surface area (Å²) in [6, 6.07) is 0. The first-order valence-corrected chi connectivity index (χ1v) is 4.33. The zero-order valence-electron chi connectivity index (χ0n) is 7.10. The Morgan fingerprint density at radius 2 is 2.00 bits per heavy atom. The molecule has 1 saturated carbocycles. The van der Waals surface area contributed by atoms with Gasteiger partial charge in [-0.3, -0.25) is 0 Å². The fraction of sp³-hybridized carbons (Fsp3) is 1.00. The minimum absolute atomic E-state index is 0.846. The Bertz CT molecular complexity index is 88.7. The van der Waals surface area contributed by atoms with E-state index in [-0.39, 0.29) is 0 Å². The molecule has 1 aliphatic carbocycles. The molecule has 1 fully saturated rings. The van der Waals surface area contributed by atoms with Gasteiger partial charge in [-0.2, -0.15) is 0 Å². The lowest BCUT2D eigenvalue weighted by Gasteiger charge is -2.27. The molecule has 0 heterocycles. The van der Waals surface area contributed by atoms with E-state index in [0.717, 1.165) is 18.4 Å².